The van der Waals surface area contributed by atoms with Crippen molar-refractivity contribution in [3.63, 3.8) is 0 Å². The molecule has 0 bridgehead atoms. The molecule has 0 aliphatic heterocycles. The van der Waals surface area contributed by atoms with Crippen LogP contribution in [-0.4, -0.2) is 14.4 Å². The second kappa shape index (κ2) is 5.38. The maximum absolute atomic E-state index is 4.85. The molecule has 6 aromatic rings. The highest BCUT2D eigenvalue weighted by atomic mass is 15.0. The van der Waals surface area contributed by atoms with Crippen LogP contribution in [0.5, 0.6) is 0 Å². The van der Waals surface area contributed by atoms with Gasteiger partial charge in [-0.3, -0.25) is 9.38 Å². The molecule has 8 rings (SSSR count). The average molecular weight is 395 g/mol. The number of hydrogen-bond acceptors (Lipinski definition) is 2. The molecule has 0 unspecified atom stereocenters. The molecule has 3 nitrogen and oxygen atoms in total. The molecule has 0 N–H and O–H groups in total. The van der Waals surface area contributed by atoms with E-state index in [1.807, 2.05) is 18.6 Å². The van der Waals surface area contributed by atoms with E-state index in [0.717, 1.165) is 18.5 Å². The fourth-order valence-corrected chi connectivity index (χ4v) is 6.04. The Labute approximate surface area is 178 Å². The van der Waals surface area contributed by atoms with E-state index in [1.54, 1.807) is 0 Å². The minimum absolute atomic E-state index is 0.950. The Morgan fingerprint density at radius 2 is 1.39 bits per heavy atom. The van der Waals surface area contributed by atoms with Gasteiger partial charge in [-0.05, 0) is 63.4 Å². The summed E-state index contributed by atoms with van der Waals surface area (Å²) in [7, 11) is 0. The van der Waals surface area contributed by atoms with Gasteiger partial charge in [0.2, 0.25) is 0 Å². The van der Waals surface area contributed by atoms with Gasteiger partial charge in [0.25, 0.3) is 0 Å². The summed E-state index contributed by atoms with van der Waals surface area (Å²) < 4.78 is 2.23. The Balaban J connectivity index is 1.71. The van der Waals surface area contributed by atoms with Crippen LogP contribution >= 0.6 is 0 Å². The van der Waals surface area contributed by atoms with Crippen LogP contribution in [0.4, 0.5) is 0 Å². The Morgan fingerprint density at radius 3 is 2.13 bits per heavy atom. The van der Waals surface area contributed by atoms with Gasteiger partial charge in [0.05, 0.1) is 5.52 Å². The summed E-state index contributed by atoms with van der Waals surface area (Å²) in [5.41, 5.74) is 13.5. The lowest BCUT2D eigenvalue weighted by molar-refractivity contribution is 1.23. The number of fused-ring (bicyclic) bond motifs is 15. The van der Waals surface area contributed by atoms with Crippen LogP contribution in [0.2, 0.25) is 0 Å². The maximum Gasteiger partial charge on any atom is 0.145 e. The van der Waals surface area contributed by atoms with Crippen molar-refractivity contribution in [2.75, 3.05) is 0 Å². The first-order chi connectivity index (χ1) is 15.4. The number of nitrogens with zero attached hydrogens (tertiary/aromatic N) is 3. The number of rotatable bonds is 0. The molecule has 3 heterocycles. The number of imidazole rings is 1. The van der Waals surface area contributed by atoms with Crippen molar-refractivity contribution < 1.29 is 0 Å². The van der Waals surface area contributed by atoms with Crippen molar-refractivity contribution in [2.24, 2.45) is 0 Å². The summed E-state index contributed by atoms with van der Waals surface area (Å²) in [6.45, 7) is 0. The predicted octanol–water partition coefficient (Wildman–Crippen LogP) is 6.18. The Kier molecular flexibility index (Phi) is 2.74. The normalized spacial score (nSPS) is 13.5. The van der Waals surface area contributed by atoms with Gasteiger partial charge in [-0.15, -0.1) is 0 Å². The van der Waals surface area contributed by atoms with Crippen LogP contribution < -0.4 is 0 Å². The number of hydrogen-bond donors (Lipinski definition) is 0. The molecule has 3 heteroatoms. The highest BCUT2D eigenvalue weighted by Crippen LogP contribution is 2.54. The molecule has 31 heavy (non-hydrogen) atoms. The molecule has 2 aliphatic carbocycles. The highest BCUT2D eigenvalue weighted by Gasteiger charge is 2.33. The van der Waals surface area contributed by atoms with Crippen molar-refractivity contribution in [1.82, 2.24) is 14.4 Å². The minimum Gasteiger partial charge on any atom is -0.299 e. The smallest absolute Gasteiger partial charge is 0.145 e. The molecule has 0 radical (unpaired) electrons. The third kappa shape index (κ3) is 1.81. The Hall–Kier alpha value is -3.98. The lowest BCUT2D eigenvalue weighted by Gasteiger charge is -2.18. The molecule has 3 aromatic heterocycles. The van der Waals surface area contributed by atoms with E-state index in [4.69, 9.17) is 4.98 Å². The van der Waals surface area contributed by atoms with Crippen LogP contribution in [0.25, 0.3) is 49.6 Å². The molecule has 3 aromatic carbocycles. The first-order valence-corrected chi connectivity index (χ1v) is 10.8. The van der Waals surface area contributed by atoms with Crippen molar-refractivity contribution in [1.29, 1.82) is 0 Å². The first kappa shape index (κ1) is 15.8. The van der Waals surface area contributed by atoms with Crippen LogP contribution in [0.15, 0.2) is 79.4 Å². The summed E-state index contributed by atoms with van der Waals surface area (Å²) in [6, 6.07) is 19.9. The SMILES string of the molecule is c1ccc2c(c1)Cc1c-2c2c(c3c1c1cnccc1n1ccnc31)Cc1ccccc1-2. The summed E-state index contributed by atoms with van der Waals surface area (Å²) in [5.74, 6) is 0. The second-order valence-corrected chi connectivity index (χ2v) is 8.64. The van der Waals surface area contributed by atoms with Crippen LogP contribution in [0.1, 0.15) is 22.3 Å². The van der Waals surface area contributed by atoms with E-state index in [2.05, 4.69) is 70.2 Å². The third-order valence-electron chi connectivity index (χ3n) is 7.21. The lowest BCUT2D eigenvalue weighted by Crippen LogP contribution is -1.99. The van der Waals surface area contributed by atoms with Crippen molar-refractivity contribution >= 4 is 27.3 Å². The van der Waals surface area contributed by atoms with Crippen LogP contribution in [-0.2, 0) is 12.8 Å². The summed E-state index contributed by atoms with van der Waals surface area (Å²) in [5, 5.41) is 3.84. The van der Waals surface area contributed by atoms with E-state index in [1.165, 1.54) is 66.2 Å². The molecule has 0 spiro atoms. The van der Waals surface area contributed by atoms with Gasteiger partial charge in [-0.2, -0.15) is 0 Å². The van der Waals surface area contributed by atoms with Crippen molar-refractivity contribution in [3.05, 3.63) is 102 Å². The largest absolute Gasteiger partial charge is 0.299 e. The fraction of sp³-hybridized carbons (Fsp3) is 0.0714. The van der Waals surface area contributed by atoms with Gasteiger partial charge >= 0.3 is 0 Å². The average Bonchev–Trinajstić information content (AvgIpc) is 3.53. The van der Waals surface area contributed by atoms with Crippen molar-refractivity contribution in [3.8, 4) is 22.3 Å². The quantitative estimate of drug-likeness (QED) is 0.287. The zero-order valence-corrected chi connectivity index (χ0v) is 16.8. The summed E-state index contributed by atoms with van der Waals surface area (Å²) in [4.78, 5) is 9.38. The Morgan fingerprint density at radius 1 is 0.710 bits per heavy atom. The number of aromatic nitrogens is 3. The van der Waals surface area contributed by atoms with Gasteiger partial charge in [0.1, 0.15) is 5.65 Å². The zero-order chi connectivity index (χ0) is 20.1. The molecule has 0 amide bonds. The summed E-state index contributed by atoms with van der Waals surface area (Å²) >= 11 is 0. The standard InChI is InChI=1S/C28H17N3/c1-3-7-18-16(5-1)13-20-24(18)25-19-8-4-2-6-17(19)14-21(25)27-26(20)22-15-29-10-9-23(22)31-12-11-30-28(27)31/h1-12,15H,13-14H2. The molecule has 0 fully saturated rings. The minimum atomic E-state index is 0.950. The molecule has 0 saturated heterocycles. The van der Waals surface area contributed by atoms with Gasteiger partial charge in [-0.25, -0.2) is 4.98 Å². The molecule has 2 aliphatic rings. The maximum atomic E-state index is 4.85. The van der Waals surface area contributed by atoms with E-state index in [0.29, 0.717) is 0 Å². The van der Waals surface area contributed by atoms with Crippen LogP contribution in [0.3, 0.4) is 0 Å². The predicted molar refractivity (Wildman–Crippen MR) is 124 cm³/mol. The molecule has 0 atom stereocenters. The van der Waals surface area contributed by atoms with Gasteiger partial charge in [0, 0.05) is 40.9 Å². The van der Waals surface area contributed by atoms with Crippen LogP contribution in [0, 0.1) is 0 Å². The topological polar surface area (TPSA) is 30.2 Å². The van der Waals surface area contributed by atoms with Gasteiger partial charge in [-0.1, -0.05) is 48.5 Å². The summed E-state index contributed by atoms with van der Waals surface area (Å²) in [6.07, 6.45) is 9.82. The second-order valence-electron chi connectivity index (χ2n) is 8.64. The molecule has 144 valence electrons. The van der Waals surface area contributed by atoms with E-state index < -0.39 is 0 Å². The molecular weight excluding hydrogens is 378 g/mol. The van der Waals surface area contributed by atoms with E-state index in [9.17, 15) is 0 Å². The molecular formula is C28H17N3. The fourth-order valence-electron chi connectivity index (χ4n) is 6.04. The van der Waals surface area contributed by atoms with E-state index >= 15 is 0 Å². The Bertz CT molecular complexity index is 1740. The monoisotopic (exact) mass is 395 g/mol. The van der Waals surface area contributed by atoms with Crippen molar-refractivity contribution in [2.45, 2.75) is 12.8 Å². The first-order valence-electron chi connectivity index (χ1n) is 10.8. The molecule has 0 saturated carbocycles. The lowest BCUT2D eigenvalue weighted by atomic mass is 9.88. The number of pyridine rings is 2. The van der Waals surface area contributed by atoms with Gasteiger partial charge < -0.3 is 0 Å². The zero-order valence-electron chi connectivity index (χ0n) is 16.8. The van der Waals surface area contributed by atoms with E-state index in [-0.39, 0.29) is 0 Å². The third-order valence-corrected chi connectivity index (χ3v) is 7.21. The highest BCUT2D eigenvalue weighted by molar-refractivity contribution is 6.20. The number of benzene rings is 3. The van der Waals surface area contributed by atoms with Gasteiger partial charge in [0.15, 0.2) is 0 Å².